The number of hydrogen-bond acceptors (Lipinski definition) is 7. The molecule has 1 aromatic carbocycles. The SMILES string of the molecule is CCC1C(=O)Nc2cnc(-n3ccnc3-c3ccccc3)nc2N1NC(=O)OC(C)(C)C. The number of nitrogens with one attached hydrogen (secondary N) is 2. The number of carbonyl (C=O) groups is 2. The molecule has 2 aromatic heterocycles. The summed E-state index contributed by atoms with van der Waals surface area (Å²) >= 11 is 0. The van der Waals surface area contributed by atoms with Crippen LogP contribution in [-0.4, -0.2) is 43.2 Å². The van der Waals surface area contributed by atoms with E-state index in [0.29, 0.717) is 29.7 Å². The minimum absolute atomic E-state index is 0.264. The Balaban J connectivity index is 1.74. The van der Waals surface area contributed by atoms with Gasteiger partial charge in [0.2, 0.25) is 11.9 Å². The summed E-state index contributed by atoms with van der Waals surface area (Å²) in [6, 6.07) is 9.02. The maximum Gasteiger partial charge on any atom is 0.426 e. The van der Waals surface area contributed by atoms with Gasteiger partial charge in [-0.05, 0) is 27.2 Å². The van der Waals surface area contributed by atoms with E-state index >= 15 is 0 Å². The van der Waals surface area contributed by atoms with E-state index in [1.807, 2.05) is 37.3 Å². The summed E-state index contributed by atoms with van der Waals surface area (Å²) in [5, 5.41) is 4.25. The molecule has 2 amide bonds. The molecule has 0 saturated heterocycles. The number of anilines is 2. The van der Waals surface area contributed by atoms with Crippen LogP contribution in [0, 0.1) is 0 Å². The summed E-state index contributed by atoms with van der Waals surface area (Å²) in [5.74, 6) is 1.12. The molecule has 3 aromatic rings. The number of benzene rings is 1. The average Bonchev–Trinajstić information content (AvgIpc) is 3.23. The molecule has 1 aliphatic rings. The molecule has 32 heavy (non-hydrogen) atoms. The van der Waals surface area contributed by atoms with E-state index in [9.17, 15) is 9.59 Å². The fourth-order valence-electron chi connectivity index (χ4n) is 3.40. The molecule has 0 aliphatic carbocycles. The second-order valence-corrected chi connectivity index (χ2v) is 8.29. The number of imidazole rings is 1. The highest BCUT2D eigenvalue weighted by molar-refractivity contribution is 6.03. The number of amides is 2. The van der Waals surface area contributed by atoms with Gasteiger partial charge in [0, 0.05) is 18.0 Å². The van der Waals surface area contributed by atoms with Crippen molar-refractivity contribution in [2.45, 2.75) is 45.8 Å². The van der Waals surface area contributed by atoms with Crippen LogP contribution in [0.15, 0.2) is 48.9 Å². The average molecular weight is 435 g/mol. The molecule has 1 aliphatic heterocycles. The van der Waals surface area contributed by atoms with Crippen molar-refractivity contribution in [1.82, 2.24) is 24.9 Å². The summed E-state index contributed by atoms with van der Waals surface area (Å²) in [6.45, 7) is 7.16. The van der Waals surface area contributed by atoms with Crippen molar-refractivity contribution in [3.05, 3.63) is 48.9 Å². The van der Waals surface area contributed by atoms with Crippen molar-refractivity contribution in [3.8, 4) is 17.3 Å². The van der Waals surface area contributed by atoms with E-state index in [-0.39, 0.29) is 5.91 Å². The summed E-state index contributed by atoms with van der Waals surface area (Å²) in [4.78, 5) is 38.6. The highest BCUT2D eigenvalue weighted by Gasteiger charge is 2.36. The smallest absolute Gasteiger partial charge is 0.426 e. The lowest BCUT2D eigenvalue weighted by atomic mass is 10.1. The summed E-state index contributed by atoms with van der Waals surface area (Å²) < 4.78 is 7.13. The van der Waals surface area contributed by atoms with E-state index < -0.39 is 17.7 Å². The number of nitrogens with zero attached hydrogens (tertiary/aromatic N) is 5. The highest BCUT2D eigenvalue weighted by Crippen LogP contribution is 2.31. The molecular formula is C22H25N7O3. The lowest BCUT2D eigenvalue weighted by molar-refractivity contribution is -0.117. The van der Waals surface area contributed by atoms with Crippen molar-refractivity contribution in [2.75, 3.05) is 10.3 Å². The van der Waals surface area contributed by atoms with Crippen LogP contribution in [0.5, 0.6) is 0 Å². The second kappa shape index (κ2) is 8.29. The van der Waals surface area contributed by atoms with Crippen LogP contribution >= 0.6 is 0 Å². The summed E-state index contributed by atoms with van der Waals surface area (Å²) in [5.41, 5.74) is 3.28. The van der Waals surface area contributed by atoms with Crippen LogP contribution in [0.2, 0.25) is 0 Å². The third kappa shape index (κ3) is 4.25. The minimum atomic E-state index is -0.690. The zero-order valence-electron chi connectivity index (χ0n) is 18.4. The van der Waals surface area contributed by atoms with Crippen molar-refractivity contribution in [3.63, 3.8) is 0 Å². The molecule has 1 unspecified atom stereocenters. The fourth-order valence-corrected chi connectivity index (χ4v) is 3.40. The maximum absolute atomic E-state index is 12.6. The van der Waals surface area contributed by atoms with Gasteiger partial charge in [-0.2, -0.15) is 4.98 Å². The zero-order valence-corrected chi connectivity index (χ0v) is 18.4. The van der Waals surface area contributed by atoms with Gasteiger partial charge in [0.05, 0.1) is 6.20 Å². The van der Waals surface area contributed by atoms with Gasteiger partial charge >= 0.3 is 6.09 Å². The van der Waals surface area contributed by atoms with E-state index in [4.69, 9.17) is 4.74 Å². The molecule has 166 valence electrons. The standard InChI is InChI=1S/C22H25N7O3/c1-5-16-19(30)25-15-13-24-20(26-18(15)29(16)27-21(31)32-22(2,3)4)28-12-11-23-17(28)14-9-7-6-8-10-14/h6-13,16H,5H2,1-4H3,(H,25,30)(H,27,31). The Bertz CT molecular complexity index is 1140. The van der Waals surface area contributed by atoms with Crippen molar-refractivity contribution in [1.29, 1.82) is 0 Å². The molecule has 0 radical (unpaired) electrons. The lowest BCUT2D eigenvalue weighted by Gasteiger charge is -2.36. The molecule has 1 atom stereocenters. The Morgan fingerprint density at radius 3 is 2.66 bits per heavy atom. The van der Waals surface area contributed by atoms with E-state index in [0.717, 1.165) is 5.56 Å². The summed E-state index contributed by atoms with van der Waals surface area (Å²) in [6.07, 6.45) is 4.71. The first-order valence-electron chi connectivity index (χ1n) is 10.3. The first-order chi connectivity index (χ1) is 15.3. The second-order valence-electron chi connectivity index (χ2n) is 8.29. The minimum Gasteiger partial charge on any atom is -0.443 e. The largest absolute Gasteiger partial charge is 0.443 e. The Hall–Kier alpha value is -3.95. The lowest BCUT2D eigenvalue weighted by Crippen LogP contribution is -2.57. The number of carbonyl (C=O) groups excluding carboxylic acids is 2. The van der Waals surface area contributed by atoms with Crippen LogP contribution in [-0.2, 0) is 9.53 Å². The molecule has 0 fully saturated rings. The molecule has 4 rings (SSSR count). The first-order valence-corrected chi connectivity index (χ1v) is 10.3. The Morgan fingerprint density at radius 1 is 1.22 bits per heavy atom. The van der Waals surface area contributed by atoms with E-state index in [1.165, 1.54) is 11.2 Å². The van der Waals surface area contributed by atoms with Gasteiger partial charge in [0.15, 0.2) is 5.82 Å². The van der Waals surface area contributed by atoms with Crippen LogP contribution in [0.3, 0.4) is 0 Å². The van der Waals surface area contributed by atoms with Crippen LogP contribution in [0.25, 0.3) is 17.3 Å². The Labute approximate surface area is 185 Å². The molecular weight excluding hydrogens is 410 g/mol. The van der Waals surface area contributed by atoms with Gasteiger partial charge in [-0.1, -0.05) is 37.3 Å². The van der Waals surface area contributed by atoms with Gasteiger partial charge < -0.3 is 10.1 Å². The topological polar surface area (TPSA) is 114 Å². The van der Waals surface area contributed by atoms with Crippen LogP contribution < -0.4 is 15.8 Å². The Kier molecular flexibility index (Phi) is 5.52. The van der Waals surface area contributed by atoms with Crippen LogP contribution in [0.4, 0.5) is 16.3 Å². The molecule has 2 N–H and O–H groups in total. The number of fused-ring (bicyclic) bond motifs is 1. The zero-order chi connectivity index (χ0) is 22.9. The van der Waals surface area contributed by atoms with Crippen molar-refractivity contribution >= 4 is 23.5 Å². The van der Waals surface area contributed by atoms with Gasteiger partial charge in [0.25, 0.3) is 0 Å². The molecule has 0 bridgehead atoms. The van der Waals surface area contributed by atoms with Gasteiger partial charge in [-0.15, -0.1) is 0 Å². The maximum atomic E-state index is 12.6. The number of hydrogen-bond donors (Lipinski definition) is 2. The number of aromatic nitrogens is 4. The Morgan fingerprint density at radius 2 is 1.97 bits per heavy atom. The number of ether oxygens (including phenoxy) is 1. The van der Waals surface area contributed by atoms with E-state index in [1.54, 1.807) is 37.7 Å². The number of rotatable bonds is 4. The van der Waals surface area contributed by atoms with E-state index in [2.05, 4.69) is 25.7 Å². The summed E-state index contributed by atoms with van der Waals surface area (Å²) in [7, 11) is 0. The highest BCUT2D eigenvalue weighted by atomic mass is 16.6. The predicted molar refractivity (Wildman–Crippen MR) is 119 cm³/mol. The molecule has 0 saturated carbocycles. The van der Waals surface area contributed by atoms with Gasteiger partial charge in [-0.3, -0.25) is 14.4 Å². The molecule has 3 heterocycles. The predicted octanol–water partition coefficient (Wildman–Crippen LogP) is 3.31. The van der Waals surface area contributed by atoms with Crippen molar-refractivity contribution < 1.29 is 14.3 Å². The quantitative estimate of drug-likeness (QED) is 0.646. The first kappa shape index (κ1) is 21.3. The fraction of sp³-hybridized carbons (Fsp3) is 0.318. The third-order valence-electron chi connectivity index (χ3n) is 4.74. The van der Waals surface area contributed by atoms with Crippen LogP contribution in [0.1, 0.15) is 34.1 Å². The van der Waals surface area contributed by atoms with Crippen molar-refractivity contribution in [2.24, 2.45) is 0 Å². The normalized spacial score (nSPS) is 15.7. The molecule has 10 nitrogen and oxygen atoms in total. The van der Waals surface area contributed by atoms with Gasteiger partial charge in [-0.25, -0.2) is 20.2 Å². The monoisotopic (exact) mass is 435 g/mol. The number of hydrazine groups is 1. The van der Waals surface area contributed by atoms with Gasteiger partial charge in [0.1, 0.15) is 23.2 Å². The molecule has 0 spiro atoms. The third-order valence-corrected chi connectivity index (χ3v) is 4.74. The molecule has 10 heteroatoms.